The molecule has 0 aliphatic carbocycles. The van der Waals surface area contributed by atoms with E-state index >= 15 is 0 Å². The maximum absolute atomic E-state index is 13.5. The first-order chi connectivity index (χ1) is 7.58. The van der Waals surface area contributed by atoms with Gasteiger partial charge in [-0.15, -0.1) is 11.3 Å². The van der Waals surface area contributed by atoms with Crippen LogP contribution in [0.5, 0.6) is 0 Å². The summed E-state index contributed by atoms with van der Waals surface area (Å²) >= 11 is 1.34. The molecule has 0 aliphatic rings. The zero-order valence-corrected chi connectivity index (χ0v) is 9.81. The van der Waals surface area contributed by atoms with Gasteiger partial charge in [0.1, 0.15) is 16.6 Å². The van der Waals surface area contributed by atoms with E-state index in [1.807, 2.05) is 19.2 Å². The summed E-state index contributed by atoms with van der Waals surface area (Å²) in [5, 5.41) is 2.41. The van der Waals surface area contributed by atoms with Gasteiger partial charge >= 0.3 is 0 Å². The number of hydrogen-bond acceptors (Lipinski definition) is 2. The maximum atomic E-state index is 13.5. The molecule has 84 valence electrons. The van der Waals surface area contributed by atoms with E-state index in [2.05, 4.69) is 4.98 Å². The molecule has 0 fully saturated rings. The molecule has 0 radical (unpaired) electrons. The van der Waals surface area contributed by atoms with Crippen LogP contribution in [0.15, 0.2) is 23.6 Å². The first kappa shape index (κ1) is 11.2. The lowest BCUT2D eigenvalue weighted by molar-refractivity contribution is 0.603. The molecule has 0 amide bonds. The number of rotatable bonds is 2. The van der Waals surface area contributed by atoms with Gasteiger partial charge in [0.2, 0.25) is 0 Å². The summed E-state index contributed by atoms with van der Waals surface area (Å²) in [5.74, 6) is -0.592. The molecule has 0 saturated carbocycles. The van der Waals surface area contributed by atoms with Crippen molar-refractivity contribution in [1.82, 2.24) is 4.98 Å². The van der Waals surface area contributed by atoms with Crippen LogP contribution in [0.25, 0.3) is 10.6 Å². The van der Waals surface area contributed by atoms with Crippen LogP contribution in [-0.4, -0.2) is 4.98 Å². The predicted octanol–water partition coefficient (Wildman–Crippen LogP) is 4.21. The molecule has 16 heavy (non-hydrogen) atoms. The van der Waals surface area contributed by atoms with Gasteiger partial charge in [-0.1, -0.05) is 13.8 Å². The van der Waals surface area contributed by atoms with Gasteiger partial charge in [0.05, 0.1) is 5.69 Å². The molecule has 0 spiro atoms. The van der Waals surface area contributed by atoms with Crippen LogP contribution < -0.4 is 0 Å². The molecule has 0 saturated heterocycles. The first-order valence-electron chi connectivity index (χ1n) is 4.99. The molecular weight excluding hydrogens is 228 g/mol. The normalized spacial score (nSPS) is 11.1. The first-order valence-corrected chi connectivity index (χ1v) is 5.86. The number of thiazole rings is 1. The fourth-order valence-electron chi connectivity index (χ4n) is 1.34. The molecule has 0 unspecified atom stereocenters. The summed E-state index contributed by atoms with van der Waals surface area (Å²) in [6.07, 6.45) is 0. The summed E-state index contributed by atoms with van der Waals surface area (Å²) in [4.78, 5) is 4.29. The molecule has 1 heterocycles. The highest BCUT2D eigenvalue weighted by molar-refractivity contribution is 7.13. The van der Waals surface area contributed by atoms with Gasteiger partial charge in [-0.05, 0) is 24.1 Å². The Hall–Kier alpha value is -1.29. The van der Waals surface area contributed by atoms with Crippen molar-refractivity contribution in [2.45, 2.75) is 19.8 Å². The number of hydrogen-bond donors (Lipinski definition) is 0. The molecule has 0 aliphatic heterocycles. The van der Waals surface area contributed by atoms with E-state index < -0.39 is 11.6 Å². The molecule has 0 bridgehead atoms. The average molecular weight is 239 g/mol. The Labute approximate surface area is 96.8 Å². The quantitative estimate of drug-likeness (QED) is 0.765. The fourth-order valence-corrected chi connectivity index (χ4v) is 2.34. The van der Waals surface area contributed by atoms with Crippen LogP contribution in [-0.2, 0) is 0 Å². The van der Waals surface area contributed by atoms with Crippen LogP contribution in [0.2, 0.25) is 0 Å². The molecule has 0 N–H and O–H groups in total. The van der Waals surface area contributed by atoms with Crippen LogP contribution in [0, 0.1) is 11.6 Å². The average Bonchev–Trinajstić information content (AvgIpc) is 2.70. The van der Waals surface area contributed by atoms with Gasteiger partial charge in [-0.25, -0.2) is 13.8 Å². The van der Waals surface area contributed by atoms with E-state index in [-0.39, 0.29) is 5.56 Å². The van der Waals surface area contributed by atoms with E-state index in [1.54, 1.807) is 0 Å². The molecule has 0 atom stereocenters. The monoisotopic (exact) mass is 239 g/mol. The zero-order valence-electron chi connectivity index (χ0n) is 9.00. The lowest BCUT2D eigenvalue weighted by atomic mass is 10.1. The van der Waals surface area contributed by atoms with E-state index in [0.717, 1.165) is 17.8 Å². The van der Waals surface area contributed by atoms with Crippen LogP contribution in [0.1, 0.15) is 25.5 Å². The lowest BCUT2D eigenvalue weighted by Gasteiger charge is -2.00. The third-order valence-electron chi connectivity index (χ3n) is 2.27. The second kappa shape index (κ2) is 4.29. The zero-order chi connectivity index (χ0) is 11.7. The fraction of sp³-hybridized carbons (Fsp3) is 0.250. The Morgan fingerprint density at radius 3 is 2.62 bits per heavy atom. The van der Waals surface area contributed by atoms with E-state index in [0.29, 0.717) is 10.9 Å². The van der Waals surface area contributed by atoms with Crippen molar-refractivity contribution in [2.75, 3.05) is 0 Å². The highest BCUT2D eigenvalue weighted by Gasteiger charge is 2.12. The van der Waals surface area contributed by atoms with E-state index in [4.69, 9.17) is 0 Å². The SMILES string of the molecule is CC(C)c1csc(-c2cc(F)ccc2F)n1. The van der Waals surface area contributed by atoms with Crippen molar-refractivity contribution in [3.8, 4) is 10.6 Å². The smallest absolute Gasteiger partial charge is 0.133 e. The minimum absolute atomic E-state index is 0.233. The summed E-state index contributed by atoms with van der Waals surface area (Å²) in [5.41, 5.74) is 1.14. The van der Waals surface area contributed by atoms with Gasteiger partial charge in [0, 0.05) is 10.9 Å². The molecule has 1 aromatic heterocycles. The Balaban J connectivity index is 2.46. The topological polar surface area (TPSA) is 12.9 Å². The molecular formula is C12H11F2NS. The van der Waals surface area contributed by atoms with Gasteiger partial charge in [0.15, 0.2) is 0 Å². The number of halogens is 2. The standard InChI is InChI=1S/C12H11F2NS/c1-7(2)11-6-16-12(15-11)9-5-8(13)3-4-10(9)14/h3-7H,1-2H3. The summed E-state index contributed by atoms with van der Waals surface area (Å²) in [6.45, 7) is 4.03. The molecule has 2 rings (SSSR count). The molecule has 1 nitrogen and oxygen atoms in total. The minimum Gasteiger partial charge on any atom is -0.241 e. The lowest BCUT2D eigenvalue weighted by Crippen LogP contribution is -1.89. The van der Waals surface area contributed by atoms with Crippen LogP contribution >= 0.6 is 11.3 Å². The van der Waals surface area contributed by atoms with E-state index in [1.165, 1.54) is 17.4 Å². The van der Waals surface area contributed by atoms with Crippen molar-refractivity contribution in [2.24, 2.45) is 0 Å². The van der Waals surface area contributed by atoms with Gasteiger partial charge in [-0.2, -0.15) is 0 Å². The second-order valence-corrected chi connectivity index (χ2v) is 4.71. The number of benzene rings is 1. The Bertz CT molecular complexity index is 505. The number of aromatic nitrogens is 1. The summed E-state index contributed by atoms with van der Waals surface area (Å²) in [6, 6.07) is 3.41. The van der Waals surface area contributed by atoms with Crippen molar-refractivity contribution >= 4 is 11.3 Å². The Morgan fingerprint density at radius 2 is 2.00 bits per heavy atom. The van der Waals surface area contributed by atoms with Crippen molar-refractivity contribution in [3.05, 3.63) is 40.9 Å². The van der Waals surface area contributed by atoms with Crippen molar-refractivity contribution < 1.29 is 8.78 Å². The highest BCUT2D eigenvalue weighted by atomic mass is 32.1. The van der Waals surface area contributed by atoms with Crippen molar-refractivity contribution in [1.29, 1.82) is 0 Å². The third kappa shape index (κ3) is 2.11. The Morgan fingerprint density at radius 1 is 1.25 bits per heavy atom. The largest absolute Gasteiger partial charge is 0.241 e. The molecule has 2 aromatic rings. The van der Waals surface area contributed by atoms with Crippen molar-refractivity contribution in [3.63, 3.8) is 0 Å². The Kier molecular flexibility index (Phi) is 3.01. The second-order valence-electron chi connectivity index (χ2n) is 3.86. The minimum atomic E-state index is -0.447. The maximum Gasteiger partial charge on any atom is 0.133 e. The predicted molar refractivity (Wildman–Crippen MR) is 61.6 cm³/mol. The van der Waals surface area contributed by atoms with Crippen LogP contribution in [0.3, 0.4) is 0 Å². The highest BCUT2D eigenvalue weighted by Crippen LogP contribution is 2.29. The van der Waals surface area contributed by atoms with Gasteiger partial charge < -0.3 is 0 Å². The van der Waals surface area contributed by atoms with Gasteiger partial charge in [0.25, 0.3) is 0 Å². The summed E-state index contributed by atoms with van der Waals surface area (Å²) in [7, 11) is 0. The molecule has 1 aromatic carbocycles. The van der Waals surface area contributed by atoms with E-state index in [9.17, 15) is 8.78 Å². The third-order valence-corrected chi connectivity index (χ3v) is 3.17. The summed E-state index contributed by atoms with van der Waals surface area (Å²) < 4.78 is 26.5. The number of nitrogens with zero attached hydrogens (tertiary/aromatic N) is 1. The molecule has 4 heteroatoms. The van der Waals surface area contributed by atoms with Gasteiger partial charge in [-0.3, -0.25) is 0 Å². The van der Waals surface area contributed by atoms with Crippen LogP contribution in [0.4, 0.5) is 8.78 Å².